The number of benzene rings is 2. The van der Waals surface area contributed by atoms with Crippen LogP contribution in [-0.2, 0) is 19.0 Å². The van der Waals surface area contributed by atoms with Gasteiger partial charge in [0, 0.05) is 33.7 Å². The molecule has 162 valence electrons. The largest absolute Gasteiger partial charge is 0.508 e. The van der Waals surface area contributed by atoms with Crippen LogP contribution >= 0.6 is 44.5 Å². The van der Waals surface area contributed by atoms with E-state index in [1.54, 1.807) is 36.4 Å². The van der Waals surface area contributed by atoms with Crippen LogP contribution in [0.25, 0.3) is 0 Å². The predicted molar refractivity (Wildman–Crippen MR) is 123 cm³/mol. The number of rotatable bonds is 9. The molecule has 2 rings (SSSR count). The molecule has 0 heterocycles. The molecule has 7 nitrogen and oxygen atoms in total. The van der Waals surface area contributed by atoms with Crippen LogP contribution in [0.5, 0.6) is 5.75 Å². The summed E-state index contributed by atoms with van der Waals surface area (Å²) in [6.07, 6.45) is -2.14. The number of halogens is 2. The number of nitrogens with one attached hydrogen (secondary N) is 1. The Bertz CT molecular complexity index is 865. The van der Waals surface area contributed by atoms with Crippen molar-refractivity contribution in [3.05, 3.63) is 57.0 Å². The van der Waals surface area contributed by atoms with Crippen molar-refractivity contribution in [1.29, 1.82) is 0 Å². The number of hydrogen-bond donors (Lipinski definition) is 3. The van der Waals surface area contributed by atoms with Gasteiger partial charge in [0.15, 0.2) is 6.10 Å². The minimum Gasteiger partial charge on any atom is -0.508 e. The first kappa shape index (κ1) is 24.5. The van der Waals surface area contributed by atoms with Crippen molar-refractivity contribution < 1.29 is 28.9 Å². The summed E-state index contributed by atoms with van der Waals surface area (Å²) in [5, 5.41) is 13.0. The summed E-state index contributed by atoms with van der Waals surface area (Å²) >= 11 is 10.5. The molecular formula is C20H21Br2NO6S. The number of aromatic hydroxyl groups is 1. The molecule has 0 aromatic heterocycles. The predicted octanol–water partition coefficient (Wildman–Crippen LogP) is 5.09. The number of amides is 1. The van der Waals surface area contributed by atoms with Crippen LogP contribution in [0.2, 0.25) is 0 Å². The van der Waals surface area contributed by atoms with Gasteiger partial charge in [0.1, 0.15) is 11.9 Å². The van der Waals surface area contributed by atoms with E-state index >= 15 is 0 Å². The minimum absolute atomic E-state index is 0.0421. The van der Waals surface area contributed by atoms with Crippen molar-refractivity contribution in [1.82, 2.24) is 0 Å². The molecular weight excluding hydrogens is 542 g/mol. The van der Waals surface area contributed by atoms with Crippen molar-refractivity contribution >= 4 is 62.2 Å². The highest BCUT2D eigenvalue weighted by molar-refractivity contribution is 9.10. The summed E-state index contributed by atoms with van der Waals surface area (Å²) in [7, 11) is 1.45. The van der Waals surface area contributed by atoms with Gasteiger partial charge in [0.2, 0.25) is 0 Å². The monoisotopic (exact) mass is 561 g/mol. The number of esters is 1. The van der Waals surface area contributed by atoms with Crippen LogP contribution in [0.4, 0.5) is 10.5 Å². The number of hydrogen-bond acceptors (Lipinski definition) is 7. The number of anilines is 1. The number of phenolic OH excluding ortho intramolecular Hbond substituents is 1. The average molecular weight is 563 g/mol. The van der Waals surface area contributed by atoms with Gasteiger partial charge in [-0.05, 0) is 42.5 Å². The molecule has 2 atom stereocenters. The summed E-state index contributed by atoms with van der Waals surface area (Å²) < 4.78 is 17.7. The maximum atomic E-state index is 12.5. The summed E-state index contributed by atoms with van der Waals surface area (Å²) in [6.45, 7) is 0.0425. The molecule has 0 bridgehead atoms. The smallest absolute Gasteiger partial charge is 0.412 e. The molecule has 2 aromatic rings. The normalized spacial score (nSPS) is 12.7. The van der Waals surface area contributed by atoms with Crippen LogP contribution in [-0.4, -0.2) is 42.7 Å². The van der Waals surface area contributed by atoms with Crippen LogP contribution in [0, 0.1) is 0 Å². The Morgan fingerprint density at radius 1 is 1.13 bits per heavy atom. The third-order valence-corrected chi connectivity index (χ3v) is 5.34. The van der Waals surface area contributed by atoms with Gasteiger partial charge in [-0.15, -0.1) is 0 Å². The van der Waals surface area contributed by atoms with Gasteiger partial charge < -0.3 is 19.3 Å². The van der Waals surface area contributed by atoms with E-state index in [2.05, 4.69) is 49.8 Å². The minimum atomic E-state index is -0.961. The quantitative estimate of drug-likeness (QED) is 0.291. The first-order valence-corrected chi connectivity index (χ1v) is 11.1. The third kappa shape index (κ3) is 7.50. The molecule has 0 unspecified atom stereocenters. The Morgan fingerprint density at radius 3 is 2.43 bits per heavy atom. The second-order valence-corrected chi connectivity index (χ2v) is 8.25. The average Bonchev–Trinajstić information content (AvgIpc) is 2.73. The summed E-state index contributed by atoms with van der Waals surface area (Å²) in [5.74, 6) is -0.572. The fraction of sp³-hybridized carbons (Fsp3) is 0.300. The number of carbonyl (C=O) groups excluding carboxylic acids is 2. The number of carbonyl (C=O) groups is 2. The topological polar surface area (TPSA) is 94.1 Å². The molecule has 1 amide bonds. The molecule has 0 aliphatic heterocycles. The van der Waals surface area contributed by atoms with E-state index in [-0.39, 0.29) is 24.5 Å². The van der Waals surface area contributed by atoms with Crippen LogP contribution in [0.3, 0.4) is 0 Å². The Kier molecular flexibility index (Phi) is 9.96. The highest BCUT2D eigenvalue weighted by Gasteiger charge is 2.30. The summed E-state index contributed by atoms with van der Waals surface area (Å²) in [6, 6.07) is 11.8. The van der Waals surface area contributed by atoms with E-state index in [9.17, 15) is 14.7 Å². The second kappa shape index (κ2) is 12.2. The van der Waals surface area contributed by atoms with Crippen LogP contribution in [0.15, 0.2) is 51.4 Å². The Balaban J connectivity index is 2.21. The molecule has 0 spiro atoms. The summed E-state index contributed by atoms with van der Waals surface area (Å²) in [5.41, 5.74) is 0.889. The Morgan fingerprint density at radius 2 is 1.80 bits per heavy atom. The number of phenols is 1. The lowest BCUT2D eigenvalue weighted by molar-refractivity contribution is -0.141. The van der Waals surface area contributed by atoms with Crippen LogP contribution < -0.4 is 5.32 Å². The van der Waals surface area contributed by atoms with E-state index in [0.717, 1.165) is 4.47 Å². The van der Waals surface area contributed by atoms with Crippen molar-refractivity contribution in [2.24, 2.45) is 0 Å². The van der Waals surface area contributed by atoms with Gasteiger partial charge in [-0.3, -0.25) is 10.1 Å². The maximum Gasteiger partial charge on any atom is 0.412 e. The van der Waals surface area contributed by atoms with E-state index in [0.29, 0.717) is 15.7 Å². The lowest BCUT2D eigenvalue weighted by Gasteiger charge is -2.27. The molecule has 0 aliphatic carbocycles. The van der Waals surface area contributed by atoms with Gasteiger partial charge in [0.25, 0.3) is 0 Å². The van der Waals surface area contributed by atoms with Crippen molar-refractivity contribution in [3.63, 3.8) is 0 Å². The molecule has 10 heteroatoms. The third-order valence-electron chi connectivity index (χ3n) is 4.06. The number of thiol groups is 1. The molecule has 2 N–H and O–H groups in total. The molecule has 0 aliphatic rings. The first-order chi connectivity index (χ1) is 14.3. The molecule has 30 heavy (non-hydrogen) atoms. The van der Waals surface area contributed by atoms with E-state index in [4.69, 9.17) is 14.2 Å². The second-order valence-electron chi connectivity index (χ2n) is 6.10. The number of ether oxygens (including phenoxy) is 3. The van der Waals surface area contributed by atoms with Crippen molar-refractivity contribution in [2.75, 3.05) is 24.8 Å². The SMILES string of the molecule is CO[C@H](CCOC(=O)CS)[C@H](OC(=O)Nc1ccc(Br)cc1)c1cc(Br)ccc1O. The molecule has 0 fully saturated rings. The Hall–Kier alpha value is -1.75. The van der Waals surface area contributed by atoms with Gasteiger partial charge in [-0.2, -0.15) is 12.6 Å². The van der Waals surface area contributed by atoms with Gasteiger partial charge >= 0.3 is 12.1 Å². The van der Waals surface area contributed by atoms with Gasteiger partial charge in [-0.25, -0.2) is 4.79 Å². The molecule has 0 saturated carbocycles. The molecule has 0 radical (unpaired) electrons. The van der Waals surface area contributed by atoms with Gasteiger partial charge in [-0.1, -0.05) is 31.9 Å². The molecule has 2 aromatic carbocycles. The number of methoxy groups -OCH3 is 1. The van der Waals surface area contributed by atoms with Crippen molar-refractivity contribution in [3.8, 4) is 5.75 Å². The van der Waals surface area contributed by atoms with Gasteiger partial charge in [0.05, 0.1) is 12.4 Å². The zero-order valence-electron chi connectivity index (χ0n) is 16.0. The fourth-order valence-corrected chi connectivity index (χ4v) is 3.35. The lowest BCUT2D eigenvalue weighted by atomic mass is 10.0. The van der Waals surface area contributed by atoms with E-state index in [1.165, 1.54) is 13.2 Å². The standard InChI is InChI=1S/C20H21Br2NO6S/c1-27-17(8-9-28-18(25)11-30)19(15-10-13(22)4-7-16(15)24)29-20(26)23-14-5-2-12(21)3-6-14/h2-7,10,17,19,24,30H,8-9,11H2,1H3,(H,23,26)/t17-,19-/m1/s1. The van der Waals surface area contributed by atoms with Crippen molar-refractivity contribution in [2.45, 2.75) is 18.6 Å². The summed E-state index contributed by atoms with van der Waals surface area (Å²) in [4.78, 5) is 23.9. The highest BCUT2D eigenvalue weighted by Crippen LogP contribution is 2.34. The first-order valence-electron chi connectivity index (χ1n) is 8.85. The lowest BCUT2D eigenvalue weighted by Crippen LogP contribution is -2.29. The maximum absolute atomic E-state index is 12.5. The zero-order chi connectivity index (χ0) is 22.1. The highest BCUT2D eigenvalue weighted by atomic mass is 79.9. The van der Waals surface area contributed by atoms with E-state index in [1.807, 2.05) is 0 Å². The molecule has 0 saturated heterocycles. The zero-order valence-corrected chi connectivity index (χ0v) is 20.1. The van der Waals surface area contributed by atoms with E-state index < -0.39 is 24.3 Å². The fourth-order valence-electron chi connectivity index (χ4n) is 2.62. The Labute approximate surface area is 196 Å². The van der Waals surface area contributed by atoms with Crippen LogP contribution in [0.1, 0.15) is 18.1 Å².